The van der Waals surface area contributed by atoms with E-state index < -0.39 is 0 Å². The molecule has 100 valence electrons. The Morgan fingerprint density at radius 3 is 2.72 bits per heavy atom. The third-order valence-electron chi connectivity index (χ3n) is 4.24. The first-order valence-corrected chi connectivity index (χ1v) is 7.22. The van der Waals surface area contributed by atoms with Gasteiger partial charge in [0.05, 0.1) is 12.7 Å². The Labute approximate surface area is 111 Å². The monoisotopic (exact) mass is 247 g/mol. The fourth-order valence-corrected chi connectivity index (χ4v) is 2.82. The van der Waals surface area contributed by atoms with Gasteiger partial charge in [0.15, 0.2) is 0 Å². The smallest absolute Gasteiger partial charge is 0.0800 e. The molecule has 1 fully saturated rings. The van der Waals surface area contributed by atoms with Gasteiger partial charge in [-0.3, -0.25) is 4.98 Å². The van der Waals surface area contributed by atoms with Crippen molar-refractivity contribution >= 4 is 0 Å². The molecule has 0 saturated heterocycles. The summed E-state index contributed by atoms with van der Waals surface area (Å²) >= 11 is 0. The number of nitrogens with zero attached hydrogens (tertiary/aromatic N) is 1. The minimum atomic E-state index is 0.189. The van der Waals surface area contributed by atoms with Crippen molar-refractivity contribution in [2.24, 2.45) is 5.92 Å². The highest BCUT2D eigenvalue weighted by Gasteiger charge is 2.16. The second-order valence-electron chi connectivity index (χ2n) is 5.59. The molecule has 2 nitrogen and oxygen atoms in total. The highest BCUT2D eigenvalue weighted by Crippen LogP contribution is 2.27. The number of hydrogen-bond donors (Lipinski definition) is 0. The molecule has 0 aromatic carbocycles. The maximum Gasteiger partial charge on any atom is 0.0800 e. The number of ether oxygens (including phenoxy) is 1. The summed E-state index contributed by atoms with van der Waals surface area (Å²) in [6.07, 6.45) is 8.95. The predicted molar refractivity (Wildman–Crippen MR) is 74.7 cm³/mol. The molecule has 0 bridgehead atoms. The molecule has 1 aliphatic rings. The van der Waals surface area contributed by atoms with Gasteiger partial charge in [-0.25, -0.2) is 0 Å². The maximum absolute atomic E-state index is 6.08. The van der Waals surface area contributed by atoms with Crippen molar-refractivity contribution in [3.63, 3.8) is 0 Å². The quantitative estimate of drug-likeness (QED) is 0.789. The van der Waals surface area contributed by atoms with Gasteiger partial charge in [-0.2, -0.15) is 0 Å². The van der Waals surface area contributed by atoms with E-state index in [-0.39, 0.29) is 6.10 Å². The van der Waals surface area contributed by atoms with Crippen LogP contribution in [0.3, 0.4) is 0 Å². The Morgan fingerprint density at radius 2 is 2.00 bits per heavy atom. The molecule has 1 aliphatic carbocycles. The molecule has 0 spiro atoms. The van der Waals surface area contributed by atoms with Gasteiger partial charge in [-0.15, -0.1) is 0 Å². The van der Waals surface area contributed by atoms with Gasteiger partial charge < -0.3 is 4.74 Å². The van der Waals surface area contributed by atoms with Crippen LogP contribution in [-0.2, 0) is 4.74 Å². The van der Waals surface area contributed by atoms with Crippen LogP contribution in [0.1, 0.15) is 62.0 Å². The summed E-state index contributed by atoms with van der Waals surface area (Å²) in [5.41, 5.74) is 3.67. The van der Waals surface area contributed by atoms with Crippen molar-refractivity contribution in [1.29, 1.82) is 0 Å². The number of hydrogen-bond acceptors (Lipinski definition) is 2. The van der Waals surface area contributed by atoms with Crippen LogP contribution in [-0.4, -0.2) is 11.6 Å². The van der Waals surface area contributed by atoms with Gasteiger partial charge in [0.1, 0.15) is 0 Å². The van der Waals surface area contributed by atoms with Crippen molar-refractivity contribution in [2.75, 3.05) is 6.61 Å². The first-order chi connectivity index (χ1) is 8.68. The van der Waals surface area contributed by atoms with Crippen molar-refractivity contribution in [3.8, 4) is 0 Å². The van der Waals surface area contributed by atoms with Crippen LogP contribution in [0.5, 0.6) is 0 Å². The molecule has 0 amide bonds. The van der Waals surface area contributed by atoms with Gasteiger partial charge in [0.2, 0.25) is 0 Å². The lowest BCUT2D eigenvalue weighted by Gasteiger charge is -2.24. The van der Waals surface area contributed by atoms with Gasteiger partial charge in [0, 0.05) is 11.9 Å². The van der Waals surface area contributed by atoms with E-state index in [2.05, 4.69) is 31.8 Å². The molecule has 1 unspecified atom stereocenters. The van der Waals surface area contributed by atoms with E-state index in [1.54, 1.807) is 0 Å². The minimum absolute atomic E-state index is 0.189. The average Bonchev–Trinajstić information content (AvgIpc) is 2.40. The zero-order valence-electron chi connectivity index (χ0n) is 11.9. The molecule has 1 atom stereocenters. The first-order valence-electron chi connectivity index (χ1n) is 7.22. The molecule has 2 rings (SSSR count). The molecular weight excluding hydrogens is 222 g/mol. The molecule has 18 heavy (non-hydrogen) atoms. The molecule has 2 heteroatoms. The minimum Gasteiger partial charge on any atom is -0.374 e. The zero-order chi connectivity index (χ0) is 13.0. The fourth-order valence-electron chi connectivity index (χ4n) is 2.82. The van der Waals surface area contributed by atoms with Crippen LogP contribution >= 0.6 is 0 Å². The maximum atomic E-state index is 6.08. The molecule has 1 heterocycles. The van der Waals surface area contributed by atoms with E-state index in [0.717, 1.165) is 18.2 Å². The second kappa shape index (κ2) is 6.33. The van der Waals surface area contributed by atoms with E-state index in [0.29, 0.717) is 0 Å². The highest BCUT2D eigenvalue weighted by atomic mass is 16.5. The summed E-state index contributed by atoms with van der Waals surface area (Å²) in [4.78, 5) is 4.32. The third kappa shape index (κ3) is 3.32. The van der Waals surface area contributed by atoms with Gasteiger partial charge in [-0.05, 0) is 56.7 Å². The summed E-state index contributed by atoms with van der Waals surface area (Å²) < 4.78 is 6.08. The van der Waals surface area contributed by atoms with Gasteiger partial charge in [-0.1, -0.05) is 19.3 Å². The van der Waals surface area contributed by atoms with Crippen LogP contribution in [0.2, 0.25) is 0 Å². The summed E-state index contributed by atoms with van der Waals surface area (Å²) in [5, 5.41) is 0. The van der Waals surface area contributed by atoms with Crippen LogP contribution in [0.25, 0.3) is 0 Å². The van der Waals surface area contributed by atoms with E-state index >= 15 is 0 Å². The first kappa shape index (κ1) is 13.5. The van der Waals surface area contributed by atoms with Crippen molar-refractivity contribution < 1.29 is 4.74 Å². The lowest BCUT2D eigenvalue weighted by atomic mass is 9.90. The lowest BCUT2D eigenvalue weighted by Crippen LogP contribution is -2.15. The lowest BCUT2D eigenvalue weighted by molar-refractivity contribution is 0.0298. The Kier molecular flexibility index (Phi) is 4.76. The third-order valence-corrected chi connectivity index (χ3v) is 4.24. The van der Waals surface area contributed by atoms with Crippen LogP contribution in [0, 0.1) is 19.8 Å². The Morgan fingerprint density at radius 1 is 1.28 bits per heavy atom. The zero-order valence-corrected chi connectivity index (χ0v) is 11.9. The molecular formula is C16H25NO. The van der Waals surface area contributed by atoms with Gasteiger partial charge >= 0.3 is 0 Å². The molecule has 1 aromatic rings. The number of aryl methyl sites for hydroxylation is 1. The summed E-state index contributed by atoms with van der Waals surface area (Å²) in [6, 6.07) is 2.09. The normalized spacial score (nSPS) is 18.8. The van der Waals surface area contributed by atoms with E-state index in [4.69, 9.17) is 4.74 Å². The fraction of sp³-hybridized carbons (Fsp3) is 0.688. The Bertz CT molecular complexity index is 383. The van der Waals surface area contributed by atoms with Crippen molar-refractivity contribution in [1.82, 2.24) is 4.98 Å². The standard InChI is InChI=1S/C16H25NO/c1-12-13(2)17-10-9-16(12)14(3)18-11-15-7-5-4-6-8-15/h9-10,14-15H,4-8,11H2,1-3H3. The Balaban J connectivity index is 1.90. The number of aromatic nitrogens is 1. The molecule has 0 aliphatic heterocycles. The van der Waals surface area contributed by atoms with E-state index in [1.807, 2.05) is 6.20 Å². The van der Waals surface area contributed by atoms with Crippen LogP contribution < -0.4 is 0 Å². The van der Waals surface area contributed by atoms with Crippen molar-refractivity contribution in [3.05, 3.63) is 29.1 Å². The van der Waals surface area contributed by atoms with Crippen LogP contribution in [0.4, 0.5) is 0 Å². The predicted octanol–water partition coefficient (Wildman–Crippen LogP) is 4.36. The summed E-state index contributed by atoms with van der Waals surface area (Å²) in [5.74, 6) is 0.782. The number of pyridine rings is 1. The molecule has 1 saturated carbocycles. The molecule has 1 aromatic heterocycles. The van der Waals surface area contributed by atoms with Gasteiger partial charge in [0.25, 0.3) is 0 Å². The van der Waals surface area contributed by atoms with E-state index in [1.165, 1.54) is 43.2 Å². The second-order valence-corrected chi connectivity index (χ2v) is 5.59. The highest BCUT2D eigenvalue weighted by molar-refractivity contribution is 5.29. The molecule has 0 N–H and O–H groups in total. The van der Waals surface area contributed by atoms with Crippen LogP contribution in [0.15, 0.2) is 12.3 Å². The van der Waals surface area contributed by atoms with Crippen molar-refractivity contribution in [2.45, 2.75) is 59.0 Å². The average molecular weight is 247 g/mol. The summed E-state index contributed by atoms with van der Waals surface area (Å²) in [6.45, 7) is 7.28. The molecule has 0 radical (unpaired) electrons. The van der Waals surface area contributed by atoms with E-state index in [9.17, 15) is 0 Å². The summed E-state index contributed by atoms with van der Waals surface area (Å²) in [7, 11) is 0. The SMILES string of the molecule is Cc1nccc(C(C)OCC2CCCCC2)c1C. The largest absolute Gasteiger partial charge is 0.374 e. The topological polar surface area (TPSA) is 22.1 Å². The number of rotatable bonds is 4. The Hall–Kier alpha value is -0.890.